The van der Waals surface area contributed by atoms with Gasteiger partial charge in [-0.1, -0.05) is 0 Å². The third-order valence-electron chi connectivity index (χ3n) is 2.59. The lowest BCUT2D eigenvalue weighted by Crippen LogP contribution is -2.42. The first-order valence-corrected chi connectivity index (χ1v) is 4.66. The summed E-state index contributed by atoms with van der Waals surface area (Å²) in [6, 6.07) is 1.87. The Hall–Kier alpha value is -1.36. The molecule has 0 atom stereocenters. The lowest BCUT2D eigenvalue weighted by Gasteiger charge is -2.09. The van der Waals surface area contributed by atoms with Crippen LogP contribution in [0.4, 0.5) is 0 Å². The summed E-state index contributed by atoms with van der Waals surface area (Å²) in [4.78, 5) is 11.5. The van der Waals surface area contributed by atoms with E-state index in [9.17, 15) is 4.79 Å². The number of carbonyl (C=O) groups is 1. The molecule has 5 heteroatoms. The van der Waals surface area contributed by atoms with Gasteiger partial charge in [0.25, 0.3) is 0 Å². The van der Waals surface area contributed by atoms with Gasteiger partial charge in [0.15, 0.2) is 0 Å². The summed E-state index contributed by atoms with van der Waals surface area (Å²) in [6.45, 7) is 0.494. The molecule has 1 aromatic rings. The summed E-state index contributed by atoms with van der Waals surface area (Å²) in [5.41, 5.74) is 6.12. The molecule has 0 aliphatic heterocycles. The van der Waals surface area contributed by atoms with Gasteiger partial charge in [-0.25, -0.2) is 0 Å². The van der Waals surface area contributed by atoms with Crippen LogP contribution < -0.4 is 11.1 Å². The molecule has 0 unspecified atom stereocenters. The molecule has 5 nitrogen and oxygen atoms in total. The largest absolute Gasteiger partial charge is 0.349 e. The van der Waals surface area contributed by atoms with Crippen LogP contribution in [0.25, 0.3) is 0 Å². The van der Waals surface area contributed by atoms with E-state index >= 15 is 0 Å². The zero-order valence-electron chi connectivity index (χ0n) is 8.16. The number of nitrogens with two attached hydrogens (primary N) is 1. The SMILES string of the molecule is Cn1nccc1CNC(=O)C1(N)CC1. The summed E-state index contributed by atoms with van der Waals surface area (Å²) in [6.07, 6.45) is 3.30. The smallest absolute Gasteiger partial charge is 0.240 e. The zero-order chi connectivity index (χ0) is 10.2. The molecule has 76 valence electrons. The first-order valence-electron chi connectivity index (χ1n) is 4.66. The van der Waals surface area contributed by atoms with Gasteiger partial charge in [-0.05, 0) is 18.9 Å². The molecular weight excluding hydrogens is 180 g/mol. The number of hydrogen-bond acceptors (Lipinski definition) is 3. The van der Waals surface area contributed by atoms with Crippen molar-refractivity contribution in [2.45, 2.75) is 24.9 Å². The van der Waals surface area contributed by atoms with Crippen LogP contribution in [0.2, 0.25) is 0 Å². The standard InChI is InChI=1S/C9H14N4O/c1-13-7(2-5-12-13)6-11-8(14)9(10)3-4-9/h2,5H,3-4,6,10H2,1H3,(H,11,14). The van der Waals surface area contributed by atoms with Crippen LogP contribution in [0.3, 0.4) is 0 Å². The van der Waals surface area contributed by atoms with Crippen LogP contribution in [0.1, 0.15) is 18.5 Å². The third-order valence-corrected chi connectivity index (χ3v) is 2.59. The maximum absolute atomic E-state index is 11.5. The molecule has 0 saturated heterocycles. The molecule has 0 bridgehead atoms. The Morgan fingerprint density at radius 1 is 1.79 bits per heavy atom. The zero-order valence-corrected chi connectivity index (χ0v) is 8.16. The minimum absolute atomic E-state index is 0.0568. The Bertz CT molecular complexity index is 353. The molecule has 14 heavy (non-hydrogen) atoms. The summed E-state index contributed by atoms with van der Waals surface area (Å²) in [7, 11) is 1.84. The first kappa shape index (κ1) is 9.21. The van der Waals surface area contributed by atoms with Crippen molar-refractivity contribution in [1.29, 1.82) is 0 Å². The molecule has 0 radical (unpaired) electrons. The van der Waals surface area contributed by atoms with Crippen molar-refractivity contribution in [3.05, 3.63) is 18.0 Å². The number of aryl methyl sites for hydroxylation is 1. The van der Waals surface area contributed by atoms with Crippen molar-refractivity contribution >= 4 is 5.91 Å². The van der Waals surface area contributed by atoms with E-state index in [1.54, 1.807) is 10.9 Å². The number of hydrogen-bond donors (Lipinski definition) is 2. The van der Waals surface area contributed by atoms with Crippen LogP contribution in [0.5, 0.6) is 0 Å². The van der Waals surface area contributed by atoms with E-state index in [1.807, 2.05) is 13.1 Å². The van der Waals surface area contributed by atoms with E-state index in [2.05, 4.69) is 10.4 Å². The van der Waals surface area contributed by atoms with Crippen molar-refractivity contribution in [3.63, 3.8) is 0 Å². The second-order valence-corrected chi connectivity index (χ2v) is 3.78. The van der Waals surface area contributed by atoms with Gasteiger partial charge in [-0.3, -0.25) is 9.48 Å². The van der Waals surface area contributed by atoms with Gasteiger partial charge in [0.2, 0.25) is 5.91 Å². The van der Waals surface area contributed by atoms with E-state index in [4.69, 9.17) is 5.73 Å². The number of nitrogens with zero attached hydrogens (tertiary/aromatic N) is 2. The van der Waals surface area contributed by atoms with Gasteiger partial charge >= 0.3 is 0 Å². The monoisotopic (exact) mass is 194 g/mol. The summed E-state index contributed by atoms with van der Waals surface area (Å²) in [5.74, 6) is -0.0568. The highest BCUT2D eigenvalue weighted by atomic mass is 16.2. The number of aromatic nitrogens is 2. The summed E-state index contributed by atoms with van der Waals surface area (Å²) >= 11 is 0. The third kappa shape index (κ3) is 1.63. The molecule has 1 aromatic heterocycles. The topological polar surface area (TPSA) is 72.9 Å². The fourth-order valence-electron chi connectivity index (χ4n) is 1.28. The molecule has 1 saturated carbocycles. The van der Waals surface area contributed by atoms with E-state index < -0.39 is 5.54 Å². The van der Waals surface area contributed by atoms with Crippen molar-refractivity contribution in [2.75, 3.05) is 0 Å². The van der Waals surface area contributed by atoms with Crippen molar-refractivity contribution in [3.8, 4) is 0 Å². The van der Waals surface area contributed by atoms with E-state index in [0.717, 1.165) is 18.5 Å². The molecule has 1 heterocycles. The highest BCUT2D eigenvalue weighted by Gasteiger charge is 2.45. The number of nitrogens with one attached hydrogen (secondary N) is 1. The summed E-state index contributed by atoms with van der Waals surface area (Å²) in [5, 5.41) is 6.81. The molecule has 2 rings (SSSR count). The number of carbonyl (C=O) groups excluding carboxylic acids is 1. The molecule has 3 N–H and O–H groups in total. The molecule has 1 aliphatic carbocycles. The van der Waals surface area contributed by atoms with Crippen LogP contribution in [0.15, 0.2) is 12.3 Å². The Labute approximate surface area is 82.3 Å². The Balaban J connectivity index is 1.89. The Morgan fingerprint density at radius 2 is 2.50 bits per heavy atom. The van der Waals surface area contributed by atoms with Gasteiger partial charge in [-0.15, -0.1) is 0 Å². The van der Waals surface area contributed by atoms with E-state index in [0.29, 0.717) is 6.54 Å². The fraction of sp³-hybridized carbons (Fsp3) is 0.556. The normalized spacial score (nSPS) is 17.9. The van der Waals surface area contributed by atoms with Gasteiger partial charge in [0.1, 0.15) is 0 Å². The van der Waals surface area contributed by atoms with E-state index in [1.165, 1.54) is 0 Å². The van der Waals surface area contributed by atoms with Gasteiger partial charge in [-0.2, -0.15) is 5.10 Å². The molecule has 0 aromatic carbocycles. The molecule has 1 fully saturated rings. The predicted octanol–water partition coefficient (Wildman–Crippen LogP) is -0.472. The molecule has 1 amide bonds. The van der Waals surface area contributed by atoms with Crippen molar-refractivity contribution in [2.24, 2.45) is 12.8 Å². The highest BCUT2D eigenvalue weighted by molar-refractivity contribution is 5.88. The van der Waals surface area contributed by atoms with Crippen molar-refractivity contribution < 1.29 is 4.79 Å². The van der Waals surface area contributed by atoms with E-state index in [-0.39, 0.29) is 5.91 Å². The molecular formula is C9H14N4O. The average Bonchev–Trinajstić information content (AvgIpc) is 2.77. The maximum atomic E-state index is 11.5. The minimum Gasteiger partial charge on any atom is -0.349 e. The lowest BCUT2D eigenvalue weighted by atomic mass is 10.2. The minimum atomic E-state index is -0.585. The van der Waals surface area contributed by atoms with Crippen LogP contribution in [-0.4, -0.2) is 21.2 Å². The fourth-order valence-corrected chi connectivity index (χ4v) is 1.28. The van der Waals surface area contributed by atoms with Crippen LogP contribution in [-0.2, 0) is 18.4 Å². The maximum Gasteiger partial charge on any atom is 0.240 e. The van der Waals surface area contributed by atoms with Crippen molar-refractivity contribution in [1.82, 2.24) is 15.1 Å². The number of amides is 1. The second-order valence-electron chi connectivity index (χ2n) is 3.78. The second kappa shape index (κ2) is 3.09. The number of rotatable bonds is 3. The molecule has 0 spiro atoms. The van der Waals surface area contributed by atoms with Gasteiger partial charge in [0.05, 0.1) is 17.8 Å². The Morgan fingerprint density at radius 3 is 3.00 bits per heavy atom. The first-order chi connectivity index (χ1) is 6.62. The predicted molar refractivity (Wildman–Crippen MR) is 51.2 cm³/mol. The van der Waals surface area contributed by atoms with Gasteiger partial charge < -0.3 is 11.1 Å². The van der Waals surface area contributed by atoms with Crippen LogP contribution in [0, 0.1) is 0 Å². The molecule has 1 aliphatic rings. The van der Waals surface area contributed by atoms with Crippen LogP contribution >= 0.6 is 0 Å². The summed E-state index contributed by atoms with van der Waals surface area (Å²) < 4.78 is 1.73. The lowest BCUT2D eigenvalue weighted by molar-refractivity contribution is -0.123. The quantitative estimate of drug-likeness (QED) is 0.683. The average molecular weight is 194 g/mol. The highest BCUT2D eigenvalue weighted by Crippen LogP contribution is 2.32. The van der Waals surface area contributed by atoms with Gasteiger partial charge in [0, 0.05) is 13.2 Å². The Kier molecular flexibility index (Phi) is 2.03.